The molecule has 0 saturated heterocycles. The third kappa shape index (κ3) is 21.4. The van der Waals surface area contributed by atoms with Crippen LogP contribution < -0.4 is 37.7 Å². The average molecular weight is 230 g/mol. The quantitative estimate of drug-likeness (QED) is 0.366. The van der Waals surface area contributed by atoms with E-state index in [9.17, 15) is 0 Å². The molecule has 0 saturated carbocycles. The van der Waals surface area contributed by atoms with Crippen molar-refractivity contribution in [3.05, 3.63) is 9.96 Å². The van der Waals surface area contributed by atoms with Crippen molar-refractivity contribution in [1.82, 2.24) is 0 Å². The average Bonchev–Trinajstić information content (AvgIpc) is 1.81. The third-order valence-corrected chi connectivity index (χ3v) is 3.83. The van der Waals surface area contributed by atoms with E-state index in [4.69, 9.17) is 0 Å². The van der Waals surface area contributed by atoms with Gasteiger partial charge in [-0.05, 0) is 0 Å². The summed E-state index contributed by atoms with van der Waals surface area (Å²) in [6.45, 7) is 15.7. The van der Waals surface area contributed by atoms with Crippen LogP contribution in [0.15, 0.2) is 0 Å². The van der Waals surface area contributed by atoms with Crippen LogP contribution in [0.1, 0.15) is 6.42 Å². The molecule has 0 bridgehead atoms. The van der Waals surface area contributed by atoms with Crippen molar-refractivity contribution >= 4 is 16.5 Å². The van der Waals surface area contributed by atoms with Gasteiger partial charge in [0.2, 0.25) is 0 Å². The zero-order valence-corrected chi connectivity index (χ0v) is 14.0. The van der Waals surface area contributed by atoms with Crippen LogP contribution in [0.25, 0.3) is 9.96 Å². The van der Waals surface area contributed by atoms with Crippen molar-refractivity contribution in [2.24, 2.45) is 0 Å². The minimum atomic E-state index is -1.16. The molecule has 80 valence electrons. The van der Waals surface area contributed by atoms with Gasteiger partial charge in [-0.1, -0.05) is 62.2 Å². The van der Waals surface area contributed by atoms with Crippen LogP contribution in [0.4, 0.5) is 0 Å². The molecule has 0 spiro atoms. The van der Waals surface area contributed by atoms with Gasteiger partial charge in [0.25, 0.3) is 0 Å². The van der Waals surface area contributed by atoms with Crippen molar-refractivity contribution < 1.29 is 37.7 Å². The summed E-state index contributed by atoms with van der Waals surface area (Å²) in [4.78, 5) is 9.34. The van der Waals surface area contributed by atoms with Gasteiger partial charge in [-0.25, -0.2) is 0 Å². The van der Waals surface area contributed by atoms with E-state index in [1.54, 1.807) is 0 Å². The van der Waals surface area contributed by atoms with Crippen LogP contribution in [0.2, 0.25) is 39.3 Å². The molecule has 0 aromatic heterocycles. The van der Waals surface area contributed by atoms with Gasteiger partial charge >= 0.3 is 37.7 Å². The van der Waals surface area contributed by atoms with Crippen molar-refractivity contribution in [3.63, 3.8) is 0 Å². The Balaban J connectivity index is -0.000000720. The van der Waals surface area contributed by atoms with Crippen molar-refractivity contribution in [1.29, 1.82) is 0 Å². The van der Waals surface area contributed by atoms with Gasteiger partial charge in [-0.2, -0.15) is 13.1 Å². The van der Waals surface area contributed by atoms with Gasteiger partial charge in [-0.15, -0.1) is 0 Å². The minimum absolute atomic E-state index is 0. The number of rotatable bonds is 6. The van der Waals surface area contributed by atoms with E-state index in [0.29, 0.717) is 0 Å². The fourth-order valence-corrected chi connectivity index (χ4v) is 2.56. The van der Waals surface area contributed by atoms with E-state index >= 15 is 0 Å². The summed E-state index contributed by atoms with van der Waals surface area (Å²) < 4.78 is 0. The molecule has 0 fully saturated rings. The molecule has 0 aromatic carbocycles. The normalized spacial score (nSPS) is 11.6. The Kier molecular flexibility index (Phi) is 13.9. The third-order valence-electron chi connectivity index (χ3n) is 1.49. The molecule has 0 aliphatic rings. The molecule has 0 rings (SSSR count). The second-order valence-corrected chi connectivity index (χ2v) is 14.8. The maximum absolute atomic E-state index is 4.67. The summed E-state index contributed by atoms with van der Waals surface area (Å²) in [5, 5.41) is 0. The molecule has 2 nitrogen and oxygen atoms in total. The predicted molar refractivity (Wildman–Crippen MR) is 67.8 cm³/mol. The summed E-state index contributed by atoms with van der Waals surface area (Å²) in [5.74, 6) is 0. The van der Waals surface area contributed by atoms with Crippen LogP contribution >= 0.6 is 0 Å². The smallest absolute Gasteiger partial charge is 0.665 e. The zero-order valence-electron chi connectivity index (χ0n) is 12.0. The topological polar surface area (TPSA) is 28.2 Å². The van der Waals surface area contributed by atoms with Gasteiger partial charge < -0.3 is 9.96 Å². The summed E-state index contributed by atoms with van der Waals surface area (Å²) in [6.07, 6.45) is 1.15. The standard InChI is InChI=1S/C9H24N2Si2.2Li/c1-12(2,3)10-8-7-9-11-13(4,5)6;;/h7-9H2,1-6H3;;/q-2;2*+1. The minimum Gasteiger partial charge on any atom is -0.665 e. The molecule has 0 amide bonds. The summed E-state index contributed by atoms with van der Waals surface area (Å²) >= 11 is 0. The molecular weight excluding hydrogens is 206 g/mol. The molecule has 15 heavy (non-hydrogen) atoms. The van der Waals surface area contributed by atoms with E-state index in [1.807, 2.05) is 0 Å². The molecule has 6 heteroatoms. The first-order valence-corrected chi connectivity index (χ1v) is 12.0. The molecular formula is C9H24Li2N2Si2. The molecule has 0 atom stereocenters. The molecule has 0 radical (unpaired) electrons. The van der Waals surface area contributed by atoms with E-state index in [-0.39, 0.29) is 37.7 Å². The first kappa shape index (κ1) is 21.8. The maximum Gasteiger partial charge on any atom is 1.00 e. The first-order chi connectivity index (χ1) is 5.71. The van der Waals surface area contributed by atoms with Crippen LogP contribution in [-0.4, -0.2) is 29.6 Å². The second kappa shape index (κ2) is 9.57. The Morgan fingerprint density at radius 3 is 1.13 bits per heavy atom. The van der Waals surface area contributed by atoms with Crippen LogP contribution in [0, 0.1) is 0 Å². The van der Waals surface area contributed by atoms with E-state index in [2.05, 4.69) is 49.2 Å². The van der Waals surface area contributed by atoms with Gasteiger partial charge in [0.15, 0.2) is 0 Å². The second-order valence-electron chi connectivity index (χ2n) is 5.46. The largest absolute Gasteiger partial charge is 1.00 e. The Bertz CT molecular complexity index is 128. The van der Waals surface area contributed by atoms with Gasteiger partial charge in [0, 0.05) is 0 Å². The Morgan fingerprint density at radius 1 is 0.667 bits per heavy atom. The van der Waals surface area contributed by atoms with E-state index < -0.39 is 16.5 Å². The summed E-state index contributed by atoms with van der Waals surface area (Å²) in [6, 6.07) is 0. The Labute approximate surface area is 122 Å². The molecule has 0 aromatic rings. The number of nitrogens with zero attached hydrogens (tertiary/aromatic N) is 2. The monoisotopic (exact) mass is 230 g/mol. The molecule has 0 aliphatic heterocycles. The van der Waals surface area contributed by atoms with E-state index in [1.165, 1.54) is 0 Å². The van der Waals surface area contributed by atoms with Crippen molar-refractivity contribution in [2.75, 3.05) is 13.1 Å². The molecule has 0 aliphatic carbocycles. The van der Waals surface area contributed by atoms with Crippen LogP contribution in [0.3, 0.4) is 0 Å². The summed E-state index contributed by atoms with van der Waals surface area (Å²) in [5.41, 5.74) is 0. The van der Waals surface area contributed by atoms with Crippen molar-refractivity contribution in [3.8, 4) is 0 Å². The molecule has 0 N–H and O–H groups in total. The number of hydrogen-bond acceptors (Lipinski definition) is 0. The van der Waals surface area contributed by atoms with Crippen LogP contribution in [0.5, 0.6) is 0 Å². The predicted octanol–water partition coefficient (Wildman–Crippen LogP) is -2.20. The number of hydrogen-bond donors (Lipinski definition) is 0. The molecule has 0 heterocycles. The zero-order chi connectivity index (χ0) is 10.5. The fourth-order valence-electron chi connectivity index (χ4n) is 0.900. The summed E-state index contributed by atoms with van der Waals surface area (Å²) in [7, 11) is -2.32. The van der Waals surface area contributed by atoms with Gasteiger partial charge in [0.1, 0.15) is 0 Å². The SMILES string of the molecule is C[Si](C)(C)[N-]CCC[N-][Si](C)(C)C.[Li+].[Li+]. The Hall–Kier alpha value is 1.55. The van der Waals surface area contributed by atoms with Crippen LogP contribution in [-0.2, 0) is 0 Å². The maximum atomic E-state index is 4.67. The molecule has 0 unspecified atom stereocenters. The Morgan fingerprint density at radius 2 is 0.933 bits per heavy atom. The van der Waals surface area contributed by atoms with Gasteiger partial charge in [-0.3, -0.25) is 0 Å². The van der Waals surface area contributed by atoms with Gasteiger partial charge in [0.05, 0.1) is 0 Å². The fraction of sp³-hybridized carbons (Fsp3) is 1.00. The van der Waals surface area contributed by atoms with E-state index in [0.717, 1.165) is 19.5 Å². The first-order valence-electron chi connectivity index (χ1n) is 5.08. The van der Waals surface area contributed by atoms with Crippen molar-refractivity contribution in [2.45, 2.75) is 45.7 Å².